The lowest BCUT2D eigenvalue weighted by Crippen LogP contribution is -2.51. The smallest absolute Gasteiger partial charge is 0.254 e. The summed E-state index contributed by atoms with van der Waals surface area (Å²) in [6.45, 7) is 2.05. The van der Waals surface area contributed by atoms with E-state index in [1.165, 1.54) is 18.2 Å². The van der Waals surface area contributed by atoms with Crippen LogP contribution in [0.2, 0.25) is 0 Å². The van der Waals surface area contributed by atoms with Crippen LogP contribution in [0.15, 0.2) is 18.2 Å². The summed E-state index contributed by atoms with van der Waals surface area (Å²) in [6, 6.07) is 3.86. The summed E-state index contributed by atoms with van der Waals surface area (Å²) in [5.74, 6) is -0.103. The van der Waals surface area contributed by atoms with Crippen LogP contribution in [-0.2, 0) is 4.79 Å². The van der Waals surface area contributed by atoms with Crippen LogP contribution < -0.4 is 0 Å². The number of hydrogen-bond donors (Lipinski definition) is 2. The van der Waals surface area contributed by atoms with Crippen LogP contribution in [0.3, 0.4) is 0 Å². The van der Waals surface area contributed by atoms with Gasteiger partial charge in [-0.05, 0) is 25.0 Å². The van der Waals surface area contributed by atoms with Gasteiger partial charge in [0, 0.05) is 43.7 Å². The topological polar surface area (TPSA) is 81.1 Å². The van der Waals surface area contributed by atoms with E-state index in [-0.39, 0.29) is 34.8 Å². The lowest BCUT2D eigenvalue weighted by molar-refractivity contribution is -0.134. The lowest BCUT2D eigenvalue weighted by Gasteiger charge is -2.35. The Balaban J connectivity index is 1.63. The third kappa shape index (κ3) is 2.94. The second-order valence-corrected chi connectivity index (χ2v) is 5.63. The predicted octanol–water partition coefficient (Wildman–Crippen LogP) is 0.792. The molecule has 1 aliphatic heterocycles. The van der Waals surface area contributed by atoms with Gasteiger partial charge in [-0.1, -0.05) is 0 Å². The number of aromatic hydroxyl groups is 2. The van der Waals surface area contributed by atoms with Crippen molar-refractivity contribution in [3.8, 4) is 11.5 Å². The van der Waals surface area contributed by atoms with Crippen LogP contribution in [0.25, 0.3) is 0 Å². The third-order valence-corrected chi connectivity index (χ3v) is 3.95. The van der Waals surface area contributed by atoms with E-state index in [2.05, 4.69) is 0 Å². The molecule has 0 atom stereocenters. The first-order valence-corrected chi connectivity index (χ1v) is 7.15. The maximum atomic E-state index is 12.3. The molecule has 2 fully saturated rings. The standard InChI is InChI=1S/C15H18N2O4/c18-12-7-11(8-13(19)9-12)15(21)17-5-3-16(4-6-17)14(20)10-1-2-10/h7-10,18-19H,1-6H2. The molecule has 1 aromatic carbocycles. The van der Waals surface area contributed by atoms with Gasteiger partial charge in [-0.3, -0.25) is 9.59 Å². The van der Waals surface area contributed by atoms with E-state index >= 15 is 0 Å². The summed E-state index contributed by atoms with van der Waals surface area (Å²) in [7, 11) is 0. The van der Waals surface area contributed by atoms with Crippen molar-refractivity contribution in [3.05, 3.63) is 23.8 Å². The van der Waals surface area contributed by atoms with E-state index in [0.717, 1.165) is 12.8 Å². The minimum absolute atomic E-state index is 0.138. The molecule has 3 rings (SSSR count). The maximum absolute atomic E-state index is 12.3. The first-order chi connectivity index (χ1) is 10.0. The first-order valence-electron chi connectivity index (χ1n) is 7.15. The van der Waals surface area contributed by atoms with Crippen molar-refractivity contribution in [2.75, 3.05) is 26.2 Å². The number of hydrogen-bond acceptors (Lipinski definition) is 4. The Bertz CT molecular complexity index is 555. The molecule has 1 aliphatic carbocycles. The maximum Gasteiger partial charge on any atom is 0.254 e. The monoisotopic (exact) mass is 290 g/mol. The molecule has 6 heteroatoms. The fourth-order valence-corrected chi connectivity index (χ4v) is 2.62. The Morgan fingerprint density at radius 3 is 1.95 bits per heavy atom. The zero-order valence-electron chi connectivity index (χ0n) is 11.7. The molecule has 6 nitrogen and oxygen atoms in total. The Morgan fingerprint density at radius 1 is 0.905 bits per heavy atom. The quantitative estimate of drug-likeness (QED) is 0.844. The van der Waals surface area contributed by atoms with Crippen LogP contribution in [0, 0.1) is 5.92 Å². The molecule has 1 saturated heterocycles. The van der Waals surface area contributed by atoms with Gasteiger partial charge in [0.15, 0.2) is 0 Å². The number of phenols is 2. The number of amides is 2. The molecule has 1 saturated carbocycles. The summed E-state index contributed by atoms with van der Waals surface area (Å²) >= 11 is 0. The van der Waals surface area contributed by atoms with Gasteiger partial charge < -0.3 is 20.0 Å². The van der Waals surface area contributed by atoms with Crippen molar-refractivity contribution in [2.45, 2.75) is 12.8 Å². The minimum Gasteiger partial charge on any atom is -0.508 e. The van der Waals surface area contributed by atoms with Gasteiger partial charge >= 0.3 is 0 Å². The molecule has 112 valence electrons. The molecule has 21 heavy (non-hydrogen) atoms. The Hall–Kier alpha value is -2.24. The molecular formula is C15H18N2O4. The molecule has 0 unspecified atom stereocenters. The highest BCUT2D eigenvalue weighted by Gasteiger charge is 2.35. The van der Waals surface area contributed by atoms with E-state index in [1.807, 2.05) is 4.90 Å². The Morgan fingerprint density at radius 2 is 1.43 bits per heavy atom. The number of nitrogens with zero attached hydrogens (tertiary/aromatic N) is 2. The van der Waals surface area contributed by atoms with Crippen molar-refractivity contribution in [2.24, 2.45) is 5.92 Å². The lowest BCUT2D eigenvalue weighted by atomic mass is 10.1. The predicted molar refractivity (Wildman–Crippen MR) is 75.0 cm³/mol. The van der Waals surface area contributed by atoms with Gasteiger partial charge in [-0.2, -0.15) is 0 Å². The number of phenolic OH excluding ortho intramolecular Hbond substituents is 2. The fraction of sp³-hybridized carbons (Fsp3) is 0.467. The normalized spacial score (nSPS) is 18.7. The fourth-order valence-electron chi connectivity index (χ4n) is 2.62. The summed E-state index contributed by atoms with van der Waals surface area (Å²) in [5, 5.41) is 18.9. The number of piperazine rings is 1. The van der Waals surface area contributed by atoms with Gasteiger partial charge in [0.25, 0.3) is 5.91 Å². The van der Waals surface area contributed by atoms with Crippen LogP contribution in [0.1, 0.15) is 23.2 Å². The number of rotatable bonds is 2. The zero-order valence-corrected chi connectivity index (χ0v) is 11.7. The molecule has 1 aromatic rings. The van der Waals surface area contributed by atoms with Crippen LogP contribution >= 0.6 is 0 Å². The van der Waals surface area contributed by atoms with Gasteiger partial charge in [0.1, 0.15) is 11.5 Å². The van der Waals surface area contributed by atoms with Crippen molar-refractivity contribution in [1.82, 2.24) is 9.80 Å². The largest absolute Gasteiger partial charge is 0.508 e. The van der Waals surface area contributed by atoms with Crippen LogP contribution in [0.4, 0.5) is 0 Å². The number of benzene rings is 1. The van der Waals surface area contributed by atoms with E-state index in [0.29, 0.717) is 26.2 Å². The van der Waals surface area contributed by atoms with E-state index in [4.69, 9.17) is 0 Å². The highest BCUT2D eigenvalue weighted by atomic mass is 16.3. The molecule has 0 aromatic heterocycles. The van der Waals surface area contributed by atoms with Crippen molar-refractivity contribution >= 4 is 11.8 Å². The van der Waals surface area contributed by atoms with Crippen molar-refractivity contribution < 1.29 is 19.8 Å². The van der Waals surface area contributed by atoms with Crippen LogP contribution in [-0.4, -0.2) is 58.0 Å². The highest BCUT2D eigenvalue weighted by molar-refractivity contribution is 5.95. The minimum atomic E-state index is -0.236. The van der Waals surface area contributed by atoms with Gasteiger partial charge in [0.05, 0.1) is 0 Å². The summed E-state index contributed by atoms with van der Waals surface area (Å²) in [4.78, 5) is 27.7. The molecule has 1 heterocycles. The third-order valence-electron chi connectivity index (χ3n) is 3.95. The number of carbonyl (C=O) groups excluding carboxylic acids is 2. The zero-order chi connectivity index (χ0) is 15.0. The summed E-state index contributed by atoms with van der Waals surface area (Å²) < 4.78 is 0. The van der Waals surface area contributed by atoms with Crippen molar-refractivity contribution in [3.63, 3.8) is 0 Å². The van der Waals surface area contributed by atoms with E-state index < -0.39 is 0 Å². The Kier molecular flexibility index (Phi) is 3.45. The molecule has 2 N–H and O–H groups in total. The van der Waals surface area contributed by atoms with E-state index in [9.17, 15) is 19.8 Å². The van der Waals surface area contributed by atoms with Gasteiger partial charge in [-0.25, -0.2) is 0 Å². The Labute approximate surface area is 122 Å². The summed E-state index contributed by atoms with van der Waals surface area (Å²) in [5.41, 5.74) is 0.259. The van der Waals surface area contributed by atoms with Gasteiger partial charge in [0.2, 0.25) is 5.91 Å². The average Bonchev–Trinajstić information content (AvgIpc) is 3.29. The molecule has 0 bridgehead atoms. The molecule has 2 amide bonds. The molecular weight excluding hydrogens is 272 g/mol. The van der Waals surface area contributed by atoms with Crippen LogP contribution in [0.5, 0.6) is 11.5 Å². The SMILES string of the molecule is O=C(c1cc(O)cc(O)c1)N1CCN(C(=O)C2CC2)CC1. The second-order valence-electron chi connectivity index (χ2n) is 5.63. The summed E-state index contributed by atoms with van der Waals surface area (Å²) in [6.07, 6.45) is 1.97. The van der Waals surface area contributed by atoms with Gasteiger partial charge in [-0.15, -0.1) is 0 Å². The first kappa shape index (κ1) is 13.7. The molecule has 2 aliphatic rings. The molecule has 0 spiro atoms. The molecule has 0 radical (unpaired) electrons. The average molecular weight is 290 g/mol. The highest BCUT2D eigenvalue weighted by Crippen LogP contribution is 2.31. The van der Waals surface area contributed by atoms with Crippen molar-refractivity contribution in [1.29, 1.82) is 0 Å². The second kappa shape index (κ2) is 5.27. The van der Waals surface area contributed by atoms with E-state index in [1.54, 1.807) is 4.90 Å². The number of carbonyl (C=O) groups is 2.